The highest BCUT2D eigenvalue weighted by molar-refractivity contribution is 7.08. The zero-order chi connectivity index (χ0) is 14.8. The molecule has 1 saturated heterocycles. The predicted molar refractivity (Wildman–Crippen MR) is 78.5 cm³/mol. The van der Waals surface area contributed by atoms with Crippen LogP contribution in [-0.4, -0.2) is 40.5 Å². The highest BCUT2D eigenvalue weighted by Crippen LogP contribution is 2.21. The number of amides is 1. The fourth-order valence-corrected chi connectivity index (χ4v) is 2.98. The Morgan fingerprint density at radius 1 is 1.57 bits per heavy atom. The number of aromatic amines is 1. The van der Waals surface area contributed by atoms with Crippen molar-refractivity contribution in [2.24, 2.45) is 0 Å². The van der Waals surface area contributed by atoms with Crippen LogP contribution in [0.2, 0.25) is 0 Å². The van der Waals surface area contributed by atoms with Gasteiger partial charge in [0.25, 0.3) is 11.5 Å². The lowest BCUT2D eigenvalue weighted by atomic mass is 10.1. The van der Waals surface area contributed by atoms with Crippen molar-refractivity contribution in [3.05, 3.63) is 50.3 Å². The quantitative estimate of drug-likeness (QED) is 0.909. The normalized spacial score (nSPS) is 18.7. The molecule has 3 heterocycles. The molecule has 0 aromatic carbocycles. The van der Waals surface area contributed by atoms with E-state index in [-0.39, 0.29) is 17.6 Å². The Kier molecular flexibility index (Phi) is 3.85. The highest BCUT2D eigenvalue weighted by Gasteiger charge is 2.27. The first kappa shape index (κ1) is 14.0. The molecule has 3 rings (SSSR count). The Balaban J connectivity index is 1.79. The molecule has 7 heteroatoms. The van der Waals surface area contributed by atoms with Gasteiger partial charge in [-0.1, -0.05) is 0 Å². The molecule has 1 aliphatic heterocycles. The van der Waals surface area contributed by atoms with Gasteiger partial charge >= 0.3 is 0 Å². The number of nitrogens with one attached hydrogen (secondary N) is 1. The fourth-order valence-electron chi connectivity index (χ4n) is 2.35. The van der Waals surface area contributed by atoms with Crippen LogP contribution in [0.3, 0.4) is 0 Å². The first-order valence-electron chi connectivity index (χ1n) is 6.64. The molecule has 0 unspecified atom stereocenters. The van der Waals surface area contributed by atoms with Gasteiger partial charge in [0.15, 0.2) is 0 Å². The van der Waals surface area contributed by atoms with Crippen LogP contribution in [0.4, 0.5) is 0 Å². The van der Waals surface area contributed by atoms with E-state index in [2.05, 4.69) is 9.97 Å². The van der Waals surface area contributed by atoms with Gasteiger partial charge in [-0.05, 0) is 18.4 Å². The number of aromatic nitrogens is 2. The number of ether oxygens (including phenoxy) is 1. The van der Waals surface area contributed by atoms with Crippen LogP contribution in [-0.2, 0) is 4.74 Å². The highest BCUT2D eigenvalue weighted by atomic mass is 32.1. The lowest BCUT2D eigenvalue weighted by Crippen LogP contribution is -2.42. The summed E-state index contributed by atoms with van der Waals surface area (Å²) in [5, 5.41) is 3.72. The number of nitrogens with zero attached hydrogens (tertiary/aromatic N) is 2. The van der Waals surface area contributed by atoms with Gasteiger partial charge < -0.3 is 14.6 Å². The molecule has 2 aromatic heterocycles. The third-order valence-corrected chi connectivity index (χ3v) is 4.01. The first-order valence-corrected chi connectivity index (χ1v) is 7.59. The number of hydrogen-bond acceptors (Lipinski definition) is 5. The van der Waals surface area contributed by atoms with E-state index in [1.807, 2.05) is 16.8 Å². The summed E-state index contributed by atoms with van der Waals surface area (Å²) in [4.78, 5) is 32.5. The van der Waals surface area contributed by atoms with Gasteiger partial charge in [-0.2, -0.15) is 11.3 Å². The molecule has 1 aliphatic rings. The lowest BCUT2D eigenvalue weighted by molar-refractivity contribution is -0.0248. The maximum Gasteiger partial charge on any atom is 0.254 e. The average Bonchev–Trinajstić information content (AvgIpc) is 3.00. The number of carbonyl (C=O) groups is 1. The number of H-pyrrole nitrogens is 1. The summed E-state index contributed by atoms with van der Waals surface area (Å²) < 4.78 is 5.67. The number of aryl methyl sites for hydroxylation is 1. The van der Waals surface area contributed by atoms with Gasteiger partial charge in [0.1, 0.15) is 11.9 Å². The van der Waals surface area contributed by atoms with Crippen LogP contribution in [0.5, 0.6) is 0 Å². The van der Waals surface area contributed by atoms with Crippen molar-refractivity contribution in [1.82, 2.24) is 14.9 Å². The monoisotopic (exact) mass is 305 g/mol. The molecule has 1 atom stereocenters. The Labute approximate surface area is 125 Å². The number of rotatable bonds is 2. The largest absolute Gasteiger partial charge is 0.368 e. The summed E-state index contributed by atoms with van der Waals surface area (Å²) in [6.07, 6.45) is -0.359. The molecule has 21 heavy (non-hydrogen) atoms. The van der Waals surface area contributed by atoms with Crippen molar-refractivity contribution >= 4 is 17.2 Å². The number of carbonyl (C=O) groups excluding carboxylic acids is 1. The zero-order valence-corrected chi connectivity index (χ0v) is 12.4. The molecular weight excluding hydrogens is 290 g/mol. The molecule has 0 saturated carbocycles. The molecule has 0 spiro atoms. The van der Waals surface area contributed by atoms with Crippen LogP contribution < -0.4 is 5.56 Å². The fraction of sp³-hybridized carbons (Fsp3) is 0.357. The van der Waals surface area contributed by atoms with E-state index in [4.69, 9.17) is 4.74 Å². The average molecular weight is 305 g/mol. The van der Waals surface area contributed by atoms with Crippen LogP contribution in [0, 0.1) is 6.92 Å². The second-order valence-corrected chi connectivity index (χ2v) is 5.66. The van der Waals surface area contributed by atoms with E-state index in [1.54, 1.807) is 11.8 Å². The molecule has 1 amide bonds. The van der Waals surface area contributed by atoms with E-state index in [0.29, 0.717) is 36.8 Å². The van der Waals surface area contributed by atoms with Gasteiger partial charge in [-0.3, -0.25) is 9.59 Å². The smallest absolute Gasteiger partial charge is 0.254 e. The minimum Gasteiger partial charge on any atom is -0.368 e. The van der Waals surface area contributed by atoms with Gasteiger partial charge in [0.2, 0.25) is 0 Å². The first-order chi connectivity index (χ1) is 10.1. The summed E-state index contributed by atoms with van der Waals surface area (Å²) in [7, 11) is 0. The Morgan fingerprint density at radius 2 is 2.43 bits per heavy atom. The van der Waals surface area contributed by atoms with Gasteiger partial charge in [0, 0.05) is 18.0 Å². The topological polar surface area (TPSA) is 75.3 Å². The Bertz CT molecular complexity index is 696. The molecule has 110 valence electrons. The minimum absolute atomic E-state index is 0.00823. The van der Waals surface area contributed by atoms with Crippen LogP contribution in [0.1, 0.15) is 28.0 Å². The Morgan fingerprint density at radius 3 is 3.14 bits per heavy atom. The van der Waals surface area contributed by atoms with E-state index in [1.165, 1.54) is 17.4 Å². The SMILES string of the molecule is Cc1nc([C@H]2CN(C(=O)c3ccsc3)CCO2)cc(=O)[nH]1. The summed E-state index contributed by atoms with van der Waals surface area (Å²) in [6, 6.07) is 3.24. The van der Waals surface area contributed by atoms with Crippen LogP contribution in [0.15, 0.2) is 27.7 Å². The molecule has 2 aromatic rings. The minimum atomic E-state index is -0.359. The lowest BCUT2D eigenvalue weighted by Gasteiger charge is -2.32. The molecule has 0 aliphatic carbocycles. The van der Waals surface area contributed by atoms with Crippen molar-refractivity contribution in [1.29, 1.82) is 0 Å². The molecule has 0 bridgehead atoms. The van der Waals surface area contributed by atoms with Crippen molar-refractivity contribution in [3.63, 3.8) is 0 Å². The van der Waals surface area contributed by atoms with Crippen LogP contribution >= 0.6 is 11.3 Å². The van der Waals surface area contributed by atoms with Crippen molar-refractivity contribution in [2.45, 2.75) is 13.0 Å². The van der Waals surface area contributed by atoms with Gasteiger partial charge in [-0.25, -0.2) is 4.98 Å². The van der Waals surface area contributed by atoms with Gasteiger partial charge in [0.05, 0.1) is 24.4 Å². The molecule has 1 fully saturated rings. The van der Waals surface area contributed by atoms with E-state index in [9.17, 15) is 9.59 Å². The predicted octanol–water partition coefficient (Wildman–Crippen LogP) is 1.35. The second-order valence-electron chi connectivity index (χ2n) is 4.88. The summed E-state index contributed by atoms with van der Waals surface area (Å²) in [5.41, 5.74) is 1.05. The standard InChI is InChI=1S/C14H15N3O3S/c1-9-15-11(6-13(18)16-9)12-7-17(3-4-20-12)14(19)10-2-5-21-8-10/h2,5-6,8,12H,3-4,7H2,1H3,(H,15,16,18)/t12-/m1/s1. The van der Waals surface area contributed by atoms with E-state index in [0.717, 1.165) is 0 Å². The molecule has 0 radical (unpaired) electrons. The zero-order valence-electron chi connectivity index (χ0n) is 11.5. The van der Waals surface area contributed by atoms with E-state index < -0.39 is 0 Å². The third-order valence-electron chi connectivity index (χ3n) is 3.33. The molecule has 6 nitrogen and oxygen atoms in total. The van der Waals surface area contributed by atoms with Crippen molar-refractivity contribution in [3.8, 4) is 0 Å². The van der Waals surface area contributed by atoms with Gasteiger partial charge in [-0.15, -0.1) is 0 Å². The number of thiophene rings is 1. The number of morpholine rings is 1. The Hall–Kier alpha value is -1.99. The summed E-state index contributed by atoms with van der Waals surface area (Å²) >= 11 is 1.50. The number of hydrogen-bond donors (Lipinski definition) is 1. The second kappa shape index (κ2) is 5.79. The van der Waals surface area contributed by atoms with Crippen molar-refractivity contribution < 1.29 is 9.53 Å². The summed E-state index contributed by atoms with van der Waals surface area (Å²) in [5.74, 6) is 0.536. The molecular formula is C14H15N3O3S. The van der Waals surface area contributed by atoms with E-state index >= 15 is 0 Å². The maximum atomic E-state index is 12.4. The summed E-state index contributed by atoms with van der Waals surface area (Å²) in [6.45, 7) is 3.12. The van der Waals surface area contributed by atoms with Crippen LogP contribution in [0.25, 0.3) is 0 Å². The third kappa shape index (κ3) is 3.03. The molecule has 1 N–H and O–H groups in total. The van der Waals surface area contributed by atoms with Crippen molar-refractivity contribution in [2.75, 3.05) is 19.7 Å². The maximum absolute atomic E-state index is 12.4.